The number of aromatic amines is 1. The Hall–Kier alpha value is -2.37. The first kappa shape index (κ1) is 12.1. The van der Waals surface area contributed by atoms with Crippen LogP contribution in [0.3, 0.4) is 0 Å². The molecule has 94 valence electrons. The van der Waals surface area contributed by atoms with Crippen LogP contribution >= 0.6 is 0 Å². The molecular formula is C12H14N4O2. The Morgan fingerprint density at radius 2 is 2.22 bits per heavy atom. The third kappa shape index (κ3) is 2.65. The lowest BCUT2D eigenvalue weighted by Crippen LogP contribution is -2.17. The van der Waals surface area contributed by atoms with Crippen LogP contribution in [0, 0.1) is 0 Å². The maximum atomic E-state index is 11.8. The van der Waals surface area contributed by atoms with Gasteiger partial charge in [0.1, 0.15) is 5.69 Å². The summed E-state index contributed by atoms with van der Waals surface area (Å²) in [6, 6.07) is 4.66. The SMILES string of the molecule is CC(C)n1cc(NC(=O)c2cccc(=O)[nH]2)cn1. The lowest BCUT2D eigenvalue weighted by Gasteiger charge is -2.04. The van der Waals surface area contributed by atoms with Gasteiger partial charge in [0.15, 0.2) is 0 Å². The fraction of sp³-hybridized carbons (Fsp3) is 0.250. The van der Waals surface area contributed by atoms with Crippen LogP contribution in [-0.2, 0) is 0 Å². The quantitative estimate of drug-likeness (QED) is 0.859. The molecule has 0 saturated heterocycles. The molecule has 0 spiro atoms. The number of hydrogen-bond acceptors (Lipinski definition) is 3. The minimum atomic E-state index is -0.365. The van der Waals surface area contributed by atoms with E-state index < -0.39 is 0 Å². The molecule has 6 heteroatoms. The zero-order valence-corrected chi connectivity index (χ0v) is 10.2. The van der Waals surface area contributed by atoms with Crippen LogP contribution in [0.5, 0.6) is 0 Å². The molecule has 2 aromatic heterocycles. The molecule has 0 saturated carbocycles. The van der Waals surface area contributed by atoms with Gasteiger partial charge in [0.2, 0.25) is 5.56 Å². The average molecular weight is 246 g/mol. The number of hydrogen-bond donors (Lipinski definition) is 2. The summed E-state index contributed by atoms with van der Waals surface area (Å²) in [5, 5.41) is 6.78. The standard InChI is InChI=1S/C12H14N4O2/c1-8(2)16-7-9(6-13-16)14-12(18)10-4-3-5-11(17)15-10/h3-8H,1-2H3,(H,14,18)(H,15,17). The van der Waals surface area contributed by atoms with Gasteiger partial charge in [0, 0.05) is 18.3 Å². The van der Waals surface area contributed by atoms with Crippen molar-refractivity contribution in [1.82, 2.24) is 14.8 Å². The number of carbonyl (C=O) groups excluding carboxylic acids is 1. The van der Waals surface area contributed by atoms with E-state index in [1.54, 1.807) is 23.1 Å². The molecule has 1 amide bonds. The van der Waals surface area contributed by atoms with Crippen LogP contribution in [0.25, 0.3) is 0 Å². The van der Waals surface area contributed by atoms with E-state index in [9.17, 15) is 9.59 Å². The highest BCUT2D eigenvalue weighted by Crippen LogP contribution is 2.10. The highest BCUT2D eigenvalue weighted by molar-refractivity contribution is 6.02. The van der Waals surface area contributed by atoms with Crippen LogP contribution in [0.4, 0.5) is 5.69 Å². The predicted octanol–water partition coefficient (Wildman–Crippen LogP) is 1.40. The van der Waals surface area contributed by atoms with Crippen molar-refractivity contribution >= 4 is 11.6 Å². The normalized spacial score (nSPS) is 10.6. The van der Waals surface area contributed by atoms with E-state index >= 15 is 0 Å². The summed E-state index contributed by atoms with van der Waals surface area (Å²) in [5.41, 5.74) is 0.513. The zero-order valence-electron chi connectivity index (χ0n) is 10.2. The van der Waals surface area contributed by atoms with Gasteiger partial charge in [0.05, 0.1) is 11.9 Å². The molecule has 0 aromatic carbocycles. The molecule has 0 aliphatic carbocycles. The number of anilines is 1. The summed E-state index contributed by atoms with van der Waals surface area (Å²) in [5.74, 6) is -0.365. The van der Waals surface area contributed by atoms with E-state index in [1.807, 2.05) is 13.8 Å². The number of amides is 1. The van der Waals surface area contributed by atoms with Gasteiger partial charge in [0.25, 0.3) is 5.91 Å². The van der Waals surface area contributed by atoms with Gasteiger partial charge in [-0.2, -0.15) is 5.10 Å². The van der Waals surface area contributed by atoms with Gasteiger partial charge in [-0.1, -0.05) is 6.07 Å². The van der Waals surface area contributed by atoms with Crippen LogP contribution in [0.15, 0.2) is 35.4 Å². The number of aromatic nitrogens is 3. The molecular weight excluding hydrogens is 232 g/mol. The molecule has 2 N–H and O–H groups in total. The smallest absolute Gasteiger partial charge is 0.272 e. The van der Waals surface area contributed by atoms with Crippen molar-refractivity contribution in [3.63, 3.8) is 0 Å². The Labute approximate surface area is 104 Å². The number of rotatable bonds is 3. The molecule has 0 bridgehead atoms. The largest absolute Gasteiger partial charge is 0.318 e. The zero-order chi connectivity index (χ0) is 13.1. The molecule has 0 unspecified atom stereocenters. The first-order valence-corrected chi connectivity index (χ1v) is 5.61. The Balaban J connectivity index is 2.13. The molecule has 2 rings (SSSR count). The van der Waals surface area contributed by atoms with Gasteiger partial charge >= 0.3 is 0 Å². The summed E-state index contributed by atoms with van der Waals surface area (Å²) in [6.07, 6.45) is 3.31. The van der Waals surface area contributed by atoms with Crippen molar-refractivity contribution < 1.29 is 4.79 Å². The summed E-state index contributed by atoms with van der Waals surface area (Å²) in [6.45, 7) is 3.99. The molecule has 18 heavy (non-hydrogen) atoms. The van der Waals surface area contributed by atoms with Gasteiger partial charge in [-0.25, -0.2) is 0 Å². The average Bonchev–Trinajstić information content (AvgIpc) is 2.77. The van der Waals surface area contributed by atoms with Crippen LogP contribution in [-0.4, -0.2) is 20.7 Å². The van der Waals surface area contributed by atoms with Gasteiger partial charge in [-0.05, 0) is 19.9 Å². The van der Waals surface area contributed by atoms with Crippen molar-refractivity contribution in [3.8, 4) is 0 Å². The maximum Gasteiger partial charge on any atom is 0.272 e. The summed E-state index contributed by atoms with van der Waals surface area (Å²) < 4.78 is 1.74. The molecule has 0 aliphatic rings. The van der Waals surface area contributed by atoms with E-state index in [1.165, 1.54) is 12.1 Å². The highest BCUT2D eigenvalue weighted by atomic mass is 16.2. The van der Waals surface area contributed by atoms with Crippen LogP contribution in [0.2, 0.25) is 0 Å². The molecule has 0 fully saturated rings. The Kier molecular flexibility index (Phi) is 3.27. The number of carbonyl (C=O) groups is 1. The van der Waals surface area contributed by atoms with Crippen molar-refractivity contribution in [3.05, 3.63) is 46.6 Å². The minimum absolute atomic E-state index is 0.222. The molecule has 2 heterocycles. The third-order valence-electron chi connectivity index (χ3n) is 2.40. The Morgan fingerprint density at radius 1 is 1.44 bits per heavy atom. The molecule has 0 radical (unpaired) electrons. The fourth-order valence-electron chi connectivity index (χ4n) is 1.46. The first-order valence-electron chi connectivity index (χ1n) is 5.61. The Morgan fingerprint density at radius 3 is 2.83 bits per heavy atom. The van der Waals surface area contributed by atoms with Crippen LogP contribution in [0.1, 0.15) is 30.4 Å². The molecule has 2 aromatic rings. The summed E-state index contributed by atoms with van der Waals surface area (Å²) in [7, 11) is 0. The third-order valence-corrected chi connectivity index (χ3v) is 2.40. The minimum Gasteiger partial charge on any atom is -0.318 e. The summed E-state index contributed by atoms with van der Waals surface area (Å²) in [4.78, 5) is 25.4. The second kappa shape index (κ2) is 4.87. The molecule has 6 nitrogen and oxygen atoms in total. The number of nitrogens with one attached hydrogen (secondary N) is 2. The fourth-order valence-corrected chi connectivity index (χ4v) is 1.46. The van der Waals surface area contributed by atoms with E-state index in [4.69, 9.17) is 0 Å². The maximum absolute atomic E-state index is 11.8. The van der Waals surface area contributed by atoms with E-state index in [0.717, 1.165) is 0 Å². The van der Waals surface area contributed by atoms with Gasteiger partial charge < -0.3 is 10.3 Å². The Bertz CT molecular complexity index is 612. The number of pyridine rings is 1. The second-order valence-corrected chi connectivity index (χ2v) is 4.19. The van der Waals surface area contributed by atoms with Crippen LogP contribution < -0.4 is 10.9 Å². The first-order chi connectivity index (χ1) is 8.56. The van der Waals surface area contributed by atoms with Crippen molar-refractivity contribution in [2.24, 2.45) is 0 Å². The van der Waals surface area contributed by atoms with Crippen molar-refractivity contribution in [2.45, 2.75) is 19.9 Å². The van der Waals surface area contributed by atoms with Crippen molar-refractivity contribution in [2.75, 3.05) is 5.32 Å². The van der Waals surface area contributed by atoms with Gasteiger partial charge in [-0.3, -0.25) is 14.3 Å². The highest BCUT2D eigenvalue weighted by Gasteiger charge is 2.08. The predicted molar refractivity (Wildman–Crippen MR) is 67.6 cm³/mol. The van der Waals surface area contributed by atoms with Gasteiger partial charge in [-0.15, -0.1) is 0 Å². The molecule has 0 atom stereocenters. The van der Waals surface area contributed by atoms with E-state index in [-0.39, 0.29) is 23.2 Å². The van der Waals surface area contributed by atoms with E-state index in [0.29, 0.717) is 5.69 Å². The molecule has 0 aliphatic heterocycles. The summed E-state index contributed by atoms with van der Waals surface area (Å²) >= 11 is 0. The van der Waals surface area contributed by atoms with E-state index in [2.05, 4.69) is 15.4 Å². The second-order valence-electron chi connectivity index (χ2n) is 4.19. The topological polar surface area (TPSA) is 79.8 Å². The lowest BCUT2D eigenvalue weighted by molar-refractivity contribution is 0.102. The lowest BCUT2D eigenvalue weighted by atomic mass is 10.3. The number of H-pyrrole nitrogens is 1. The number of nitrogens with zero attached hydrogens (tertiary/aromatic N) is 2. The van der Waals surface area contributed by atoms with Crippen molar-refractivity contribution in [1.29, 1.82) is 0 Å². The monoisotopic (exact) mass is 246 g/mol.